The van der Waals surface area contributed by atoms with Crippen LogP contribution in [0.3, 0.4) is 0 Å². The van der Waals surface area contributed by atoms with Crippen LogP contribution < -0.4 is 4.40 Å². The largest absolute Gasteiger partial charge is 0.305 e. The Balaban J connectivity index is 0.000000256. The van der Waals surface area contributed by atoms with Crippen molar-refractivity contribution in [2.24, 2.45) is 0 Å². The van der Waals surface area contributed by atoms with Crippen molar-refractivity contribution in [3.05, 3.63) is 174 Å². The number of hydrogen-bond acceptors (Lipinski definition) is 3. The summed E-state index contributed by atoms with van der Waals surface area (Å²) in [4.78, 5) is 9.27. The van der Waals surface area contributed by atoms with E-state index in [4.69, 9.17) is 4.11 Å². The van der Waals surface area contributed by atoms with Gasteiger partial charge in [-0.2, -0.15) is 11.3 Å². The summed E-state index contributed by atoms with van der Waals surface area (Å²) in [6, 6.07) is 46.4. The number of fused-ring (bicyclic) bond motifs is 3. The molecule has 0 N–H and O–H groups in total. The van der Waals surface area contributed by atoms with Gasteiger partial charge in [0, 0.05) is 42.4 Å². The quantitative estimate of drug-likeness (QED) is 0.123. The molecule has 1 radical (unpaired) electrons. The minimum atomic E-state index is -2.17. The molecule has 0 aliphatic rings. The van der Waals surface area contributed by atoms with Gasteiger partial charge in [-0.1, -0.05) is 84.6 Å². The topological polar surface area (TPSA) is 25.8 Å². The van der Waals surface area contributed by atoms with Crippen molar-refractivity contribution < 1.29 is 25.6 Å². The van der Waals surface area contributed by atoms with Gasteiger partial charge in [0.25, 0.3) is 0 Å². The molecule has 0 fully saturated rings. The van der Waals surface area contributed by atoms with Crippen LogP contribution >= 0.6 is 11.3 Å². The molecule has 0 saturated carbocycles. The molecule has 8 aromatic rings. The van der Waals surface area contributed by atoms with Gasteiger partial charge in [-0.15, -0.1) is 23.8 Å². The van der Waals surface area contributed by atoms with Gasteiger partial charge < -0.3 is 4.98 Å². The summed E-state index contributed by atoms with van der Waals surface area (Å²) in [5.41, 5.74) is 10.6. The van der Waals surface area contributed by atoms with Gasteiger partial charge in [-0.25, -0.2) is 0 Å². The Bertz CT molecular complexity index is 2670. The van der Waals surface area contributed by atoms with E-state index in [0.717, 1.165) is 38.3 Å². The maximum Gasteiger partial charge on any atom is 0.0399 e. The van der Waals surface area contributed by atoms with Crippen molar-refractivity contribution in [1.29, 1.82) is 0 Å². The summed E-state index contributed by atoms with van der Waals surface area (Å²) < 4.78 is 35.9. The van der Waals surface area contributed by atoms with Crippen LogP contribution in [0.15, 0.2) is 134 Å². The van der Waals surface area contributed by atoms with Gasteiger partial charge in [0.2, 0.25) is 0 Å². The maximum absolute atomic E-state index is 9.19. The third-order valence-electron chi connectivity index (χ3n) is 9.56. The average Bonchev–Trinajstić information content (AvgIpc) is 3.56. The Kier molecular flexibility index (Phi) is 10.4. The van der Waals surface area contributed by atoms with E-state index in [9.17, 15) is 1.37 Å². The summed E-state index contributed by atoms with van der Waals surface area (Å²) in [5.74, 6) is 6.12. The molecule has 0 amide bonds. The second-order valence-corrected chi connectivity index (χ2v) is 25.9. The van der Waals surface area contributed by atoms with Gasteiger partial charge in [0.1, 0.15) is 0 Å². The smallest absolute Gasteiger partial charge is 0.0399 e. The van der Waals surface area contributed by atoms with Crippen LogP contribution in [0.25, 0.3) is 53.8 Å². The van der Waals surface area contributed by atoms with Gasteiger partial charge in [0.15, 0.2) is 0 Å². The predicted octanol–water partition coefficient (Wildman–Crippen LogP) is 12.8. The minimum absolute atomic E-state index is 0. The van der Waals surface area contributed by atoms with Crippen molar-refractivity contribution in [2.75, 3.05) is 0 Å². The number of rotatable bonds is 6. The first-order valence-electron chi connectivity index (χ1n) is 19.6. The normalized spacial score (nSPS) is 13.8. The molecule has 1 atom stereocenters. The molecule has 0 bridgehead atoms. The first-order valence-corrected chi connectivity index (χ1v) is 25.7. The zero-order valence-electron chi connectivity index (χ0n) is 34.8. The molecule has 5 aromatic carbocycles. The Hall–Kier alpha value is -4.19. The van der Waals surface area contributed by atoms with Gasteiger partial charge in [-0.05, 0) is 69.5 Å². The molecule has 267 valence electrons. The number of aryl methyl sites for hydroxylation is 3. The minimum Gasteiger partial charge on any atom is -0.305 e. The number of benzene rings is 5. The second kappa shape index (κ2) is 16.4. The zero-order chi connectivity index (χ0) is 39.8. The molecule has 3 heterocycles. The monoisotopic (exact) mass is 951 g/mol. The van der Waals surface area contributed by atoms with E-state index < -0.39 is 26.0 Å². The Morgan fingerprint density at radius 3 is 2.25 bits per heavy atom. The Morgan fingerprint density at radius 1 is 0.736 bits per heavy atom. The molecule has 53 heavy (non-hydrogen) atoms. The van der Waals surface area contributed by atoms with E-state index >= 15 is 0 Å². The standard InChI is InChI=1S/C33H26NS.C15H18GeN.Ir/c1-21-11-13-24(14-12-21)23(3)25-17-18-34-31(19-25)30-10-6-9-29-28-16-15-26(20-32(28)35-33(29)30)27-8-5-4-7-22(27)2;1-12-10-15(13-8-6-5-7-9-13)17-11-14(12)16(2,3)4;/h4-9,11-20,23H,1-3H3;5-8,10-11H,1-4H3;/q2*-1;/i1D3,23D;;. The summed E-state index contributed by atoms with van der Waals surface area (Å²) in [5, 5.41) is 2.37. The first-order chi connectivity index (χ1) is 26.6. The van der Waals surface area contributed by atoms with E-state index in [2.05, 4.69) is 120 Å². The molecular weight excluding hydrogens is 901 g/mol. The number of nitrogens with zero attached hydrogens (tertiary/aromatic N) is 2. The van der Waals surface area contributed by atoms with E-state index in [1.807, 2.05) is 43.3 Å². The van der Waals surface area contributed by atoms with E-state index in [0.29, 0.717) is 0 Å². The molecular formula is C48H44GeIrN2S-2. The number of aromatic nitrogens is 2. The molecule has 5 heteroatoms. The summed E-state index contributed by atoms with van der Waals surface area (Å²) >= 11 is -0.0326. The van der Waals surface area contributed by atoms with Crippen molar-refractivity contribution in [3.63, 3.8) is 0 Å². The van der Waals surface area contributed by atoms with Crippen LogP contribution in [-0.4, -0.2) is 23.2 Å². The number of hydrogen-bond donors (Lipinski definition) is 0. The molecule has 2 nitrogen and oxygen atoms in total. The van der Waals surface area contributed by atoms with E-state index in [1.165, 1.54) is 42.1 Å². The van der Waals surface area contributed by atoms with Crippen molar-refractivity contribution in [1.82, 2.24) is 9.97 Å². The van der Waals surface area contributed by atoms with Gasteiger partial charge >= 0.3 is 106 Å². The fourth-order valence-corrected chi connectivity index (χ4v) is 11.6. The number of pyridine rings is 2. The molecule has 0 spiro atoms. The van der Waals surface area contributed by atoms with Crippen LogP contribution in [0, 0.1) is 32.8 Å². The van der Waals surface area contributed by atoms with Crippen LogP contribution in [0.4, 0.5) is 0 Å². The summed E-state index contributed by atoms with van der Waals surface area (Å²) in [6.45, 7) is 3.99. The predicted molar refractivity (Wildman–Crippen MR) is 226 cm³/mol. The summed E-state index contributed by atoms with van der Waals surface area (Å²) in [6.07, 6.45) is 3.82. The third kappa shape index (κ3) is 8.48. The fraction of sp³-hybridized carbons (Fsp3) is 0.167. The summed E-state index contributed by atoms with van der Waals surface area (Å²) in [7, 11) is 0. The van der Waals surface area contributed by atoms with E-state index in [-0.39, 0.29) is 25.7 Å². The Labute approximate surface area is 340 Å². The average molecular weight is 950 g/mol. The fourth-order valence-electron chi connectivity index (χ4n) is 6.72. The molecule has 1 unspecified atom stereocenters. The second-order valence-electron chi connectivity index (χ2n) is 14.3. The Morgan fingerprint density at radius 2 is 1.53 bits per heavy atom. The number of thiophene rings is 1. The van der Waals surface area contributed by atoms with Crippen molar-refractivity contribution in [2.45, 2.75) is 50.8 Å². The van der Waals surface area contributed by atoms with Crippen molar-refractivity contribution in [3.8, 4) is 33.6 Å². The molecule has 0 aliphatic carbocycles. The van der Waals surface area contributed by atoms with Crippen LogP contribution in [-0.2, 0) is 20.1 Å². The maximum atomic E-state index is 9.19. The molecule has 0 saturated heterocycles. The molecule has 0 aliphatic heterocycles. The van der Waals surface area contributed by atoms with Crippen LogP contribution in [0.2, 0.25) is 17.3 Å². The van der Waals surface area contributed by atoms with Crippen molar-refractivity contribution >= 4 is 49.2 Å². The van der Waals surface area contributed by atoms with Gasteiger partial charge in [-0.3, -0.25) is 0 Å². The zero-order valence-corrected chi connectivity index (χ0v) is 36.1. The molecule has 8 rings (SSSR count). The first kappa shape index (κ1) is 33.4. The van der Waals surface area contributed by atoms with E-state index in [1.54, 1.807) is 41.8 Å². The van der Waals surface area contributed by atoms with Crippen LogP contribution in [0.5, 0.6) is 0 Å². The van der Waals surface area contributed by atoms with Crippen LogP contribution in [0.1, 0.15) is 46.1 Å². The third-order valence-corrected chi connectivity index (χ3v) is 15.2. The molecule has 3 aromatic heterocycles. The van der Waals surface area contributed by atoms with Gasteiger partial charge in [0.05, 0.1) is 0 Å². The SMILES string of the molecule is Cc1cc(-c2[c-]cccc2)nc[c]1[Ge]([CH3])([CH3])[CH3].[2H]C([2H])([2H])c1ccc(C([2H])(C)c2ccnc(-c3[c-]ccc4c3sc3cc(-c5ccccc5C)ccc34)c2)cc1.[Ir].